The van der Waals surface area contributed by atoms with Crippen LogP contribution in [0, 0.1) is 0 Å². The van der Waals surface area contributed by atoms with Crippen molar-refractivity contribution in [1.29, 1.82) is 0 Å². The second kappa shape index (κ2) is 10.9. The summed E-state index contributed by atoms with van der Waals surface area (Å²) >= 11 is 18.2. The summed E-state index contributed by atoms with van der Waals surface area (Å²) in [5.74, 6) is 0.489. The topological polar surface area (TPSA) is 102 Å². The number of amides is 3. The highest BCUT2D eigenvalue weighted by atomic mass is 35.5. The lowest BCUT2D eigenvalue weighted by atomic mass is 9.91. The molecule has 196 valence electrons. The number of piperidine rings is 1. The van der Waals surface area contributed by atoms with Gasteiger partial charge in [-0.1, -0.05) is 34.8 Å². The average Bonchev–Trinajstić information content (AvgIpc) is 3.31. The summed E-state index contributed by atoms with van der Waals surface area (Å²) < 4.78 is 0. The zero-order valence-electron chi connectivity index (χ0n) is 19.8. The number of nitrogens with zero attached hydrogens (tertiary/aromatic N) is 4. The number of carbonyl (C=O) groups excluding carboxylic acids is 2. The number of hydrazine groups is 1. The van der Waals surface area contributed by atoms with Crippen molar-refractivity contribution < 1.29 is 14.4 Å². The fraction of sp³-hybridized carbons (Fsp3) is 0.375. The molecule has 2 aromatic rings. The molecular weight excluding hydrogens is 541 g/mol. The van der Waals surface area contributed by atoms with Crippen LogP contribution in [0.15, 0.2) is 48.3 Å². The summed E-state index contributed by atoms with van der Waals surface area (Å²) in [6.07, 6.45) is 4.64. The molecule has 1 aromatic heterocycles. The van der Waals surface area contributed by atoms with Crippen LogP contribution >= 0.6 is 34.8 Å². The zero-order chi connectivity index (χ0) is 26.0. The number of anilines is 2. The highest BCUT2D eigenvalue weighted by Gasteiger charge is 2.41. The third-order valence-electron chi connectivity index (χ3n) is 6.66. The third kappa shape index (κ3) is 5.89. The normalized spacial score (nSPS) is 19.4. The summed E-state index contributed by atoms with van der Waals surface area (Å²) in [5.41, 5.74) is 6.02. The number of hydrogen-bond acceptors (Lipinski definition) is 7. The number of rotatable bonds is 4. The second-order valence-electron chi connectivity index (χ2n) is 9.10. The van der Waals surface area contributed by atoms with Crippen molar-refractivity contribution >= 4 is 58.2 Å². The first kappa shape index (κ1) is 25.9. The molecule has 1 aromatic carbocycles. The van der Waals surface area contributed by atoms with Crippen LogP contribution < -0.4 is 21.1 Å². The molecule has 37 heavy (non-hydrogen) atoms. The molecule has 13 heteroatoms. The van der Waals surface area contributed by atoms with Crippen LogP contribution in [0.1, 0.15) is 12.8 Å². The summed E-state index contributed by atoms with van der Waals surface area (Å²) in [7, 11) is 0. The van der Waals surface area contributed by atoms with E-state index >= 15 is 0 Å². The Morgan fingerprint density at radius 1 is 0.973 bits per heavy atom. The van der Waals surface area contributed by atoms with Gasteiger partial charge in [-0.25, -0.2) is 14.8 Å². The SMILES string of the molecule is O=C(NN1CCN(c2ncccc2Cl)CC1)C1=CC2(CCN(C(=O)Nc3ccc(Cl)c(Cl)c3)CC2)ON1. The van der Waals surface area contributed by atoms with Crippen LogP contribution in [0.3, 0.4) is 0 Å². The fourth-order valence-electron chi connectivity index (χ4n) is 4.55. The van der Waals surface area contributed by atoms with Gasteiger partial charge in [0, 0.05) is 64.0 Å². The van der Waals surface area contributed by atoms with Crippen LogP contribution in [-0.2, 0) is 9.63 Å². The van der Waals surface area contributed by atoms with Crippen molar-refractivity contribution in [2.45, 2.75) is 18.4 Å². The lowest BCUT2D eigenvalue weighted by molar-refractivity contribution is -0.124. The Morgan fingerprint density at radius 3 is 2.43 bits per heavy atom. The number of pyridine rings is 1. The minimum atomic E-state index is -0.637. The molecule has 0 unspecified atom stereocenters. The second-order valence-corrected chi connectivity index (χ2v) is 10.3. The maximum atomic E-state index is 12.9. The molecule has 10 nitrogen and oxygen atoms in total. The molecule has 2 saturated heterocycles. The molecule has 5 rings (SSSR count). The number of carbonyl (C=O) groups is 2. The maximum absolute atomic E-state index is 12.9. The minimum absolute atomic E-state index is 0.229. The summed E-state index contributed by atoms with van der Waals surface area (Å²) in [5, 5.41) is 6.12. The Labute approximate surface area is 229 Å². The first-order valence-electron chi connectivity index (χ1n) is 11.9. The van der Waals surface area contributed by atoms with Gasteiger partial charge in [0.25, 0.3) is 5.91 Å². The number of likely N-dealkylation sites (tertiary alicyclic amines) is 1. The number of piperazine rings is 1. The van der Waals surface area contributed by atoms with Gasteiger partial charge in [-0.05, 0) is 36.4 Å². The van der Waals surface area contributed by atoms with E-state index in [1.807, 2.05) is 17.2 Å². The van der Waals surface area contributed by atoms with Crippen molar-refractivity contribution in [3.8, 4) is 0 Å². The minimum Gasteiger partial charge on any atom is -0.353 e. The molecule has 0 aliphatic carbocycles. The number of benzene rings is 1. The van der Waals surface area contributed by atoms with Crippen molar-refractivity contribution in [2.24, 2.45) is 0 Å². The van der Waals surface area contributed by atoms with E-state index in [0.29, 0.717) is 78.6 Å². The number of hydrogen-bond donors (Lipinski definition) is 3. The van der Waals surface area contributed by atoms with Gasteiger partial charge in [0.05, 0.1) is 15.1 Å². The van der Waals surface area contributed by atoms with Crippen LogP contribution in [0.2, 0.25) is 15.1 Å². The van der Waals surface area contributed by atoms with Crippen LogP contribution in [0.5, 0.6) is 0 Å². The zero-order valence-corrected chi connectivity index (χ0v) is 22.1. The molecule has 3 amide bonds. The molecule has 3 aliphatic rings. The summed E-state index contributed by atoms with van der Waals surface area (Å²) in [6, 6.07) is 8.33. The monoisotopic (exact) mass is 565 g/mol. The van der Waals surface area contributed by atoms with Crippen LogP contribution in [0.25, 0.3) is 0 Å². The van der Waals surface area contributed by atoms with Crippen molar-refractivity contribution in [2.75, 3.05) is 49.5 Å². The molecule has 3 N–H and O–H groups in total. The van der Waals surface area contributed by atoms with Gasteiger partial charge < -0.3 is 15.1 Å². The summed E-state index contributed by atoms with van der Waals surface area (Å²) in [6.45, 7) is 3.56. The maximum Gasteiger partial charge on any atom is 0.321 e. The van der Waals surface area contributed by atoms with E-state index in [4.69, 9.17) is 39.6 Å². The van der Waals surface area contributed by atoms with Gasteiger partial charge in [-0.3, -0.25) is 20.5 Å². The van der Waals surface area contributed by atoms with Crippen molar-refractivity contribution in [3.05, 3.63) is 63.4 Å². The highest BCUT2D eigenvalue weighted by molar-refractivity contribution is 6.42. The van der Waals surface area contributed by atoms with E-state index in [2.05, 4.69) is 26.1 Å². The Kier molecular flexibility index (Phi) is 7.64. The Hall–Kier alpha value is -2.76. The molecule has 0 saturated carbocycles. The largest absolute Gasteiger partial charge is 0.353 e. The number of nitrogens with one attached hydrogen (secondary N) is 3. The Bertz CT molecular complexity index is 1210. The van der Waals surface area contributed by atoms with Gasteiger partial charge in [0.15, 0.2) is 0 Å². The molecule has 0 radical (unpaired) electrons. The van der Waals surface area contributed by atoms with Crippen LogP contribution in [0.4, 0.5) is 16.3 Å². The fourth-order valence-corrected chi connectivity index (χ4v) is 5.08. The average molecular weight is 567 g/mol. The molecular formula is C24H26Cl3N7O3. The molecule has 3 aliphatic heterocycles. The van der Waals surface area contributed by atoms with E-state index in [1.165, 1.54) is 0 Å². The molecule has 2 fully saturated rings. The van der Waals surface area contributed by atoms with Gasteiger partial charge in [-0.15, -0.1) is 0 Å². The lowest BCUT2D eigenvalue weighted by Gasteiger charge is -2.36. The Morgan fingerprint density at radius 2 is 1.73 bits per heavy atom. The first-order chi connectivity index (χ1) is 17.8. The molecule has 0 atom stereocenters. The van der Waals surface area contributed by atoms with E-state index in [1.54, 1.807) is 35.4 Å². The lowest BCUT2D eigenvalue weighted by Crippen LogP contribution is -2.54. The Balaban J connectivity index is 1.10. The van der Waals surface area contributed by atoms with Crippen LogP contribution in [-0.4, -0.2) is 71.7 Å². The van der Waals surface area contributed by atoms with E-state index in [0.717, 1.165) is 5.82 Å². The number of hydroxylamine groups is 1. The number of urea groups is 1. The predicted molar refractivity (Wildman–Crippen MR) is 142 cm³/mol. The number of halogens is 3. The van der Waals surface area contributed by atoms with Gasteiger partial charge >= 0.3 is 6.03 Å². The van der Waals surface area contributed by atoms with Crippen molar-refractivity contribution in [3.63, 3.8) is 0 Å². The smallest absolute Gasteiger partial charge is 0.321 e. The quantitative estimate of drug-likeness (QED) is 0.519. The van der Waals surface area contributed by atoms with Gasteiger partial charge in [0.1, 0.15) is 17.1 Å². The standard InChI is InChI=1S/C24H26Cl3N7O3/c25-17-4-3-16(14-19(17)27)29-23(36)33-8-5-24(6-9-33)15-20(31-37-24)22(35)30-34-12-10-32(11-13-34)21-18(26)2-1-7-28-21/h1-4,7,14-15,31H,5-6,8-13H2,(H,29,36)(H,30,35). The highest BCUT2D eigenvalue weighted by Crippen LogP contribution is 2.32. The molecule has 0 bridgehead atoms. The predicted octanol–water partition coefficient (Wildman–Crippen LogP) is 3.68. The van der Waals surface area contributed by atoms with Crippen molar-refractivity contribution in [1.82, 2.24) is 25.8 Å². The van der Waals surface area contributed by atoms with E-state index in [9.17, 15) is 9.59 Å². The molecule has 1 spiro atoms. The van der Waals surface area contributed by atoms with E-state index < -0.39 is 5.60 Å². The molecule has 4 heterocycles. The number of aromatic nitrogens is 1. The third-order valence-corrected chi connectivity index (χ3v) is 7.70. The summed E-state index contributed by atoms with van der Waals surface area (Å²) in [4.78, 5) is 39.5. The van der Waals surface area contributed by atoms with Gasteiger partial charge in [0.2, 0.25) is 0 Å². The first-order valence-corrected chi connectivity index (χ1v) is 13.0. The van der Waals surface area contributed by atoms with E-state index in [-0.39, 0.29) is 11.9 Å². The van der Waals surface area contributed by atoms with Gasteiger partial charge in [-0.2, -0.15) is 0 Å².